The summed E-state index contributed by atoms with van der Waals surface area (Å²) in [5.41, 5.74) is 1.15. The van der Waals surface area contributed by atoms with Crippen LogP contribution < -0.4 is 10.1 Å². The molecule has 1 N–H and O–H groups in total. The van der Waals surface area contributed by atoms with Gasteiger partial charge in [0, 0.05) is 29.9 Å². The van der Waals surface area contributed by atoms with E-state index in [2.05, 4.69) is 28.2 Å². The molecule has 0 spiro atoms. The van der Waals surface area contributed by atoms with E-state index < -0.39 is 0 Å². The van der Waals surface area contributed by atoms with Gasteiger partial charge in [-0.3, -0.25) is 9.59 Å². The zero-order chi connectivity index (χ0) is 21.3. The Bertz CT molecular complexity index is 857. The molecule has 7 heteroatoms. The first kappa shape index (κ1) is 22.3. The zero-order valence-corrected chi connectivity index (χ0v) is 18.7. The first-order chi connectivity index (χ1) is 14.6. The average molecular weight is 475 g/mol. The molecule has 2 aromatic carbocycles. The van der Waals surface area contributed by atoms with E-state index in [4.69, 9.17) is 9.47 Å². The third-order valence-electron chi connectivity index (χ3n) is 4.83. The van der Waals surface area contributed by atoms with Crippen molar-refractivity contribution in [3.05, 3.63) is 58.6 Å². The topological polar surface area (TPSA) is 67.9 Å². The molecule has 0 saturated carbocycles. The Balaban J connectivity index is 1.60. The molecule has 1 unspecified atom stereocenters. The predicted molar refractivity (Wildman–Crippen MR) is 120 cm³/mol. The van der Waals surface area contributed by atoms with E-state index in [0.717, 1.165) is 23.7 Å². The van der Waals surface area contributed by atoms with E-state index in [0.29, 0.717) is 36.7 Å². The molecule has 0 aromatic heterocycles. The molecule has 0 radical (unpaired) electrons. The van der Waals surface area contributed by atoms with Crippen LogP contribution in [0.25, 0.3) is 0 Å². The second-order valence-corrected chi connectivity index (χ2v) is 8.14. The highest BCUT2D eigenvalue weighted by molar-refractivity contribution is 9.10. The monoisotopic (exact) mass is 474 g/mol. The number of hydrogen-bond acceptors (Lipinski definition) is 4. The maximum absolute atomic E-state index is 13.1. The van der Waals surface area contributed by atoms with Crippen molar-refractivity contribution in [1.82, 2.24) is 4.90 Å². The summed E-state index contributed by atoms with van der Waals surface area (Å²) in [6, 6.07) is 14.3. The van der Waals surface area contributed by atoms with Crippen molar-refractivity contribution >= 4 is 33.4 Å². The molecule has 1 aliphatic rings. The lowest BCUT2D eigenvalue weighted by atomic mass is 10.1. The van der Waals surface area contributed by atoms with E-state index in [1.54, 1.807) is 36.4 Å². The molecule has 0 bridgehead atoms. The molecular formula is C23H27BrN2O4. The van der Waals surface area contributed by atoms with Gasteiger partial charge in [0.25, 0.3) is 11.8 Å². The van der Waals surface area contributed by atoms with Crippen molar-refractivity contribution < 1.29 is 19.1 Å². The number of piperidine rings is 1. The van der Waals surface area contributed by atoms with Crippen LogP contribution in [0.15, 0.2) is 53.0 Å². The number of para-hydroxylation sites is 1. The van der Waals surface area contributed by atoms with E-state index in [9.17, 15) is 9.59 Å². The van der Waals surface area contributed by atoms with Crippen molar-refractivity contribution in [2.45, 2.75) is 32.3 Å². The summed E-state index contributed by atoms with van der Waals surface area (Å²) >= 11 is 3.36. The van der Waals surface area contributed by atoms with Gasteiger partial charge in [0.15, 0.2) is 6.61 Å². The van der Waals surface area contributed by atoms with Gasteiger partial charge >= 0.3 is 0 Å². The van der Waals surface area contributed by atoms with Gasteiger partial charge < -0.3 is 19.7 Å². The number of amides is 2. The SMILES string of the molecule is CCCOC1CCCN(C(=O)c2ccccc2OCC(=O)Nc2ccc(Br)cc2)C1. The van der Waals surface area contributed by atoms with Crippen LogP contribution in [0.4, 0.5) is 5.69 Å². The Hall–Kier alpha value is -2.38. The molecule has 2 amide bonds. The number of nitrogens with one attached hydrogen (secondary N) is 1. The van der Waals surface area contributed by atoms with E-state index in [1.807, 2.05) is 17.0 Å². The average Bonchev–Trinajstić information content (AvgIpc) is 2.78. The summed E-state index contributed by atoms with van der Waals surface area (Å²) in [7, 11) is 0. The largest absolute Gasteiger partial charge is 0.483 e. The van der Waals surface area contributed by atoms with Crippen molar-refractivity contribution in [2.75, 3.05) is 31.6 Å². The van der Waals surface area contributed by atoms with Gasteiger partial charge in [0.2, 0.25) is 0 Å². The smallest absolute Gasteiger partial charge is 0.262 e. The Morgan fingerprint density at radius 2 is 1.93 bits per heavy atom. The quantitative estimate of drug-likeness (QED) is 0.611. The first-order valence-corrected chi connectivity index (χ1v) is 11.0. The van der Waals surface area contributed by atoms with E-state index >= 15 is 0 Å². The number of halogens is 1. The van der Waals surface area contributed by atoms with Gasteiger partial charge in [-0.1, -0.05) is 35.0 Å². The second-order valence-electron chi connectivity index (χ2n) is 7.23. The summed E-state index contributed by atoms with van der Waals surface area (Å²) < 4.78 is 12.5. The van der Waals surface area contributed by atoms with Crippen LogP contribution in [0.5, 0.6) is 5.75 Å². The molecule has 160 valence electrons. The highest BCUT2D eigenvalue weighted by atomic mass is 79.9. The van der Waals surface area contributed by atoms with Gasteiger partial charge in [-0.2, -0.15) is 0 Å². The summed E-state index contributed by atoms with van der Waals surface area (Å²) in [6.07, 6.45) is 2.92. The fraction of sp³-hybridized carbons (Fsp3) is 0.391. The highest BCUT2D eigenvalue weighted by Gasteiger charge is 2.26. The maximum Gasteiger partial charge on any atom is 0.262 e. The standard InChI is InChI=1S/C23H27BrN2O4/c1-2-14-29-19-6-5-13-26(15-19)23(28)20-7-3-4-8-21(20)30-16-22(27)25-18-11-9-17(24)10-12-18/h3-4,7-12,19H,2,5-6,13-16H2,1H3,(H,25,27). The lowest BCUT2D eigenvalue weighted by Crippen LogP contribution is -2.43. The lowest BCUT2D eigenvalue weighted by Gasteiger charge is -2.33. The Morgan fingerprint density at radius 3 is 2.70 bits per heavy atom. The van der Waals surface area contributed by atoms with E-state index in [-0.39, 0.29) is 24.5 Å². The number of nitrogens with zero attached hydrogens (tertiary/aromatic N) is 1. The van der Waals surface area contributed by atoms with Crippen molar-refractivity contribution in [3.63, 3.8) is 0 Å². The lowest BCUT2D eigenvalue weighted by molar-refractivity contribution is -0.118. The third kappa shape index (κ3) is 6.31. The number of anilines is 1. The van der Waals surface area contributed by atoms with Gasteiger partial charge in [-0.25, -0.2) is 0 Å². The minimum Gasteiger partial charge on any atom is -0.483 e. The van der Waals surface area contributed by atoms with Crippen LogP contribution in [-0.4, -0.2) is 49.1 Å². The van der Waals surface area contributed by atoms with Crippen LogP contribution >= 0.6 is 15.9 Å². The summed E-state index contributed by atoms with van der Waals surface area (Å²) in [5.74, 6) is 0.0272. The van der Waals surface area contributed by atoms with Crippen LogP contribution in [-0.2, 0) is 9.53 Å². The van der Waals surface area contributed by atoms with Crippen molar-refractivity contribution in [1.29, 1.82) is 0 Å². The second kappa shape index (κ2) is 11.1. The fourth-order valence-corrected chi connectivity index (χ4v) is 3.62. The molecule has 1 saturated heterocycles. The Kier molecular flexibility index (Phi) is 8.28. The molecule has 1 heterocycles. The molecule has 3 rings (SSSR count). The molecule has 1 atom stereocenters. The number of likely N-dealkylation sites (tertiary alicyclic amines) is 1. The normalized spacial score (nSPS) is 16.2. The third-order valence-corrected chi connectivity index (χ3v) is 5.36. The van der Waals surface area contributed by atoms with Gasteiger partial charge in [0.1, 0.15) is 5.75 Å². The molecule has 1 aliphatic heterocycles. The van der Waals surface area contributed by atoms with E-state index in [1.165, 1.54) is 0 Å². The number of rotatable bonds is 8. The van der Waals surface area contributed by atoms with Crippen LogP contribution in [0.1, 0.15) is 36.5 Å². The molecular weight excluding hydrogens is 448 g/mol. The predicted octanol–water partition coefficient (Wildman–Crippen LogP) is 4.50. The molecule has 0 aliphatic carbocycles. The molecule has 6 nitrogen and oxygen atoms in total. The molecule has 30 heavy (non-hydrogen) atoms. The number of ether oxygens (including phenoxy) is 2. The highest BCUT2D eigenvalue weighted by Crippen LogP contribution is 2.23. The summed E-state index contributed by atoms with van der Waals surface area (Å²) in [6.45, 7) is 3.88. The van der Waals surface area contributed by atoms with Crippen molar-refractivity contribution in [2.24, 2.45) is 0 Å². The minimum atomic E-state index is -0.287. The zero-order valence-electron chi connectivity index (χ0n) is 17.1. The van der Waals surface area contributed by atoms with Gasteiger partial charge in [0.05, 0.1) is 11.7 Å². The van der Waals surface area contributed by atoms with Crippen molar-refractivity contribution in [3.8, 4) is 5.75 Å². The summed E-state index contributed by atoms with van der Waals surface area (Å²) in [4.78, 5) is 27.1. The number of benzene rings is 2. The fourth-order valence-electron chi connectivity index (χ4n) is 3.36. The number of carbonyl (C=O) groups is 2. The first-order valence-electron chi connectivity index (χ1n) is 10.2. The van der Waals surface area contributed by atoms with Crippen LogP contribution in [0.2, 0.25) is 0 Å². The number of hydrogen-bond donors (Lipinski definition) is 1. The van der Waals surface area contributed by atoms with Crippen LogP contribution in [0.3, 0.4) is 0 Å². The number of carbonyl (C=O) groups excluding carboxylic acids is 2. The Labute approximate surface area is 185 Å². The maximum atomic E-state index is 13.1. The van der Waals surface area contributed by atoms with Crippen LogP contribution in [0, 0.1) is 0 Å². The van der Waals surface area contributed by atoms with Gasteiger partial charge in [-0.05, 0) is 55.7 Å². The minimum absolute atomic E-state index is 0.0763. The summed E-state index contributed by atoms with van der Waals surface area (Å²) in [5, 5.41) is 2.78. The molecule has 2 aromatic rings. The molecule has 1 fully saturated rings. The Morgan fingerprint density at radius 1 is 1.17 bits per heavy atom. The van der Waals surface area contributed by atoms with Gasteiger partial charge in [-0.15, -0.1) is 0 Å².